The summed E-state index contributed by atoms with van der Waals surface area (Å²) in [6.45, 7) is 1.00. The van der Waals surface area contributed by atoms with E-state index in [0.717, 1.165) is 11.1 Å². The normalized spacial score (nSPS) is 11.7. The number of hydrogen-bond acceptors (Lipinski definition) is 3. The average Bonchev–Trinajstić information content (AvgIpc) is 2.46. The summed E-state index contributed by atoms with van der Waals surface area (Å²) in [4.78, 5) is 1.75. The van der Waals surface area contributed by atoms with Gasteiger partial charge in [0.2, 0.25) is 0 Å². The van der Waals surface area contributed by atoms with E-state index < -0.39 is 10.2 Å². The number of benzene rings is 2. The zero-order valence-corrected chi connectivity index (χ0v) is 12.2. The van der Waals surface area contributed by atoms with Gasteiger partial charge in [0.25, 0.3) is 0 Å². The Balaban J connectivity index is 2.16. The van der Waals surface area contributed by atoms with Gasteiger partial charge in [0.05, 0.1) is 5.41 Å². The first kappa shape index (κ1) is 15.3. The first-order valence-corrected chi connectivity index (χ1v) is 7.92. The molecule has 0 atom stereocenters. The van der Waals surface area contributed by atoms with Gasteiger partial charge in [0.15, 0.2) is 0 Å². The lowest BCUT2D eigenvalue weighted by atomic mass is 10.2. The third-order valence-corrected chi connectivity index (χ3v) is 3.34. The van der Waals surface area contributed by atoms with Crippen molar-refractivity contribution in [1.82, 2.24) is 4.90 Å². The summed E-state index contributed by atoms with van der Waals surface area (Å²) in [5, 5.41) is 0.582. The fraction of sp³-hybridized carbons (Fsp3) is 0.125. The minimum absolute atomic E-state index is 0.502. The molecule has 0 aliphatic carbocycles. The highest BCUT2D eigenvalue weighted by Crippen LogP contribution is 2.11. The predicted octanol–water partition coefficient (Wildman–Crippen LogP) is 3.46. The Bertz CT molecular complexity index is 643. The third-order valence-electron chi connectivity index (χ3n) is 2.89. The Morgan fingerprint density at radius 2 is 1.29 bits per heavy atom. The van der Waals surface area contributed by atoms with E-state index in [0.29, 0.717) is 18.5 Å². The van der Waals surface area contributed by atoms with Crippen molar-refractivity contribution in [3.63, 3.8) is 0 Å². The van der Waals surface area contributed by atoms with Crippen molar-refractivity contribution in [3.05, 3.63) is 83.4 Å². The van der Waals surface area contributed by atoms with Gasteiger partial charge in [-0.25, -0.2) is 0 Å². The Kier molecular flexibility index (Phi) is 5.11. The quantitative estimate of drug-likeness (QED) is 0.767. The van der Waals surface area contributed by atoms with E-state index >= 15 is 0 Å². The maximum Gasteiger partial charge on any atom is 0.326 e. The first-order chi connectivity index (χ1) is 10.0. The molecule has 0 heterocycles. The van der Waals surface area contributed by atoms with Gasteiger partial charge in [0, 0.05) is 19.3 Å². The minimum Gasteiger partial charge on any atom is -0.368 e. The lowest BCUT2D eigenvalue weighted by Gasteiger charge is -2.20. The monoisotopic (exact) mass is 305 g/mol. The molecular formula is C16H16FNO2S. The van der Waals surface area contributed by atoms with E-state index in [4.69, 9.17) is 0 Å². The van der Waals surface area contributed by atoms with Gasteiger partial charge in [-0.1, -0.05) is 60.7 Å². The molecule has 3 nitrogen and oxygen atoms in total. The Labute approximate surface area is 124 Å². The van der Waals surface area contributed by atoms with Crippen molar-refractivity contribution < 1.29 is 12.3 Å². The molecule has 5 heteroatoms. The highest BCUT2D eigenvalue weighted by atomic mass is 32.3. The van der Waals surface area contributed by atoms with Crippen molar-refractivity contribution in [2.75, 3.05) is 0 Å². The van der Waals surface area contributed by atoms with Crippen molar-refractivity contribution in [3.8, 4) is 0 Å². The summed E-state index contributed by atoms with van der Waals surface area (Å²) in [5.41, 5.74) is 2.05. The summed E-state index contributed by atoms with van der Waals surface area (Å²) in [7, 11) is -4.63. The molecule has 2 aromatic carbocycles. The highest BCUT2D eigenvalue weighted by Gasteiger charge is 2.05. The molecule has 0 aliphatic heterocycles. The van der Waals surface area contributed by atoms with Crippen LogP contribution in [0.2, 0.25) is 0 Å². The summed E-state index contributed by atoms with van der Waals surface area (Å²) in [5.74, 6) is 0. The van der Waals surface area contributed by atoms with Crippen molar-refractivity contribution >= 4 is 10.2 Å². The van der Waals surface area contributed by atoms with Crippen LogP contribution in [-0.2, 0) is 23.3 Å². The molecule has 110 valence electrons. The Morgan fingerprint density at radius 3 is 1.67 bits per heavy atom. The first-order valence-electron chi connectivity index (χ1n) is 6.48. The number of hydrogen-bond donors (Lipinski definition) is 0. The highest BCUT2D eigenvalue weighted by molar-refractivity contribution is 7.89. The largest absolute Gasteiger partial charge is 0.368 e. The van der Waals surface area contributed by atoms with Gasteiger partial charge in [0.1, 0.15) is 0 Å². The third kappa shape index (κ3) is 5.79. The van der Waals surface area contributed by atoms with E-state index in [2.05, 4.69) is 0 Å². The van der Waals surface area contributed by atoms with E-state index in [1.165, 1.54) is 6.20 Å². The molecular weight excluding hydrogens is 289 g/mol. The summed E-state index contributed by atoms with van der Waals surface area (Å²) in [6.07, 6.45) is 1.27. The molecule has 2 aromatic rings. The average molecular weight is 305 g/mol. The van der Waals surface area contributed by atoms with Gasteiger partial charge in [-0.2, -0.15) is 8.42 Å². The van der Waals surface area contributed by atoms with Crippen LogP contribution in [0.25, 0.3) is 0 Å². The van der Waals surface area contributed by atoms with Crippen molar-refractivity contribution in [2.45, 2.75) is 13.1 Å². The molecule has 0 aliphatic rings. The molecule has 0 bridgehead atoms. The topological polar surface area (TPSA) is 37.4 Å². The van der Waals surface area contributed by atoms with Crippen molar-refractivity contribution in [2.24, 2.45) is 0 Å². The van der Waals surface area contributed by atoms with E-state index in [1.54, 1.807) is 4.90 Å². The summed E-state index contributed by atoms with van der Waals surface area (Å²) >= 11 is 0. The second-order valence-corrected chi connectivity index (χ2v) is 5.86. The number of halogens is 1. The van der Waals surface area contributed by atoms with E-state index in [9.17, 15) is 12.3 Å². The van der Waals surface area contributed by atoms with Gasteiger partial charge in [-0.05, 0) is 11.1 Å². The second-order valence-electron chi connectivity index (χ2n) is 4.64. The van der Waals surface area contributed by atoms with Crippen LogP contribution in [0.3, 0.4) is 0 Å². The van der Waals surface area contributed by atoms with Crippen LogP contribution in [0.5, 0.6) is 0 Å². The van der Waals surface area contributed by atoms with Crippen LogP contribution in [0, 0.1) is 0 Å². The summed E-state index contributed by atoms with van der Waals surface area (Å²) in [6, 6.07) is 19.2. The number of nitrogens with zero attached hydrogens (tertiary/aromatic N) is 1. The molecule has 0 N–H and O–H groups in total. The predicted molar refractivity (Wildman–Crippen MR) is 81.3 cm³/mol. The molecule has 0 amide bonds. The standard InChI is InChI=1S/C16H16FNO2S/c17-21(19,20)12-11-18(13-15-7-3-1-4-8-15)14-16-9-5-2-6-10-16/h1-12H,13-14H2/b12-11+. The second kappa shape index (κ2) is 7.04. The number of rotatable bonds is 6. The van der Waals surface area contributed by atoms with Gasteiger partial charge >= 0.3 is 10.2 Å². The van der Waals surface area contributed by atoms with Crippen LogP contribution in [0.1, 0.15) is 11.1 Å². The zero-order chi connectivity index (χ0) is 15.1. The van der Waals surface area contributed by atoms with E-state index in [1.807, 2.05) is 60.7 Å². The smallest absolute Gasteiger partial charge is 0.326 e. The molecule has 0 spiro atoms. The van der Waals surface area contributed by atoms with Crippen molar-refractivity contribution in [1.29, 1.82) is 0 Å². The minimum atomic E-state index is -4.63. The molecule has 0 radical (unpaired) electrons. The summed E-state index contributed by atoms with van der Waals surface area (Å²) < 4.78 is 34.0. The SMILES string of the molecule is O=S(=O)(F)/C=C/N(Cc1ccccc1)Cc1ccccc1. The lowest BCUT2D eigenvalue weighted by molar-refractivity contribution is 0.362. The fourth-order valence-electron chi connectivity index (χ4n) is 1.96. The maximum absolute atomic E-state index is 12.7. The Morgan fingerprint density at radius 1 is 0.857 bits per heavy atom. The molecule has 0 fully saturated rings. The molecule has 2 rings (SSSR count). The van der Waals surface area contributed by atoms with Gasteiger partial charge < -0.3 is 4.90 Å². The lowest BCUT2D eigenvalue weighted by Crippen LogP contribution is -2.16. The maximum atomic E-state index is 12.7. The van der Waals surface area contributed by atoms with Gasteiger partial charge in [-0.3, -0.25) is 0 Å². The van der Waals surface area contributed by atoms with Gasteiger partial charge in [-0.15, -0.1) is 3.89 Å². The van der Waals surface area contributed by atoms with Crippen LogP contribution >= 0.6 is 0 Å². The van der Waals surface area contributed by atoms with E-state index in [-0.39, 0.29) is 0 Å². The Hall–Kier alpha value is -2.14. The van der Waals surface area contributed by atoms with Crippen LogP contribution in [0.15, 0.2) is 72.3 Å². The molecule has 0 unspecified atom stereocenters. The molecule has 0 aromatic heterocycles. The van der Waals surface area contributed by atoms with Crippen LogP contribution in [-0.4, -0.2) is 13.3 Å². The van der Waals surface area contributed by atoms with Crippen LogP contribution in [0.4, 0.5) is 3.89 Å². The molecule has 0 saturated heterocycles. The molecule has 0 saturated carbocycles. The fourth-order valence-corrected chi connectivity index (χ4v) is 2.27. The zero-order valence-electron chi connectivity index (χ0n) is 11.4. The van der Waals surface area contributed by atoms with Crippen LogP contribution < -0.4 is 0 Å². The molecule has 21 heavy (non-hydrogen) atoms.